The van der Waals surface area contributed by atoms with E-state index >= 15 is 0 Å². The highest BCUT2D eigenvalue weighted by molar-refractivity contribution is 5.78. The molecule has 0 aliphatic heterocycles. The van der Waals surface area contributed by atoms with Crippen LogP contribution in [0.25, 0.3) is 16.7 Å². The Bertz CT molecular complexity index is 438. The van der Waals surface area contributed by atoms with Crippen molar-refractivity contribution in [3.63, 3.8) is 0 Å². The molecular weight excluding hydrogens is 192 g/mol. The van der Waals surface area contributed by atoms with Crippen molar-refractivity contribution >= 4 is 16.7 Å². The van der Waals surface area contributed by atoms with Gasteiger partial charge in [0.2, 0.25) is 0 Å². The first-order valence-corrected chi connectivity index (χ1v) is 5.47. The van der Waals surface area contributed by atoms with Crippen molar-refractivity contribution in [1.82, 2.24) is 0 Å². The summed E-state index contributed by atoms with van der Waals surface area (Å²) in [6, 6.07) is 4.32. The number of benzene rings is 1. The zero-order valence-electron chi connectivity index (χ0n) is 10.8. The highest BCUT2D eigenvalue weighted by Crippen LogP contribution is 2.29. The summed E-state index contributed by atoms with van der Waals surface area (Å²) in [7, 11) is 0. The molecule has 0 aliphatic rings. The average Bonchev–Trinajstić information content (AvgIpc) is 2.16. The molecule has 0 saturated carbocycles. The van der Waals surface area contributed by atoms with Crippen LogP contribution in [0, 0.1) is 6.92 Å². The largest absolute Gasteiger partial charge is 0.0955 e. The van der Waals surface area contributed by atoms with Crippen molar-refractivity contribution < 1.29 is 0 Å². The van der Waals surface area contributed by atoms with E-state index in [1.165, 1.54) is 22.3 Å². The lowest BCUT2D eigenvalue weighted by Crippen LogP contribution is -1.94. The lowest BCUT2D eigenvalue weighted by Gasteiger charge is -2.14. The molecule has 0 aliphatic carbocycles. The SMILES string of the molecule is C=C(C)c1cc(C(=C)C)c(C)c(C(=C)C)c1. The number of allylic oxidation sites excluding steroid dienone is 3. The van der Waals surface area contributed by atoms with Crippen LogP contribution in [0.5, 0.6) is 0 Å². The summed E-state index contributed by atoms with van der Waals surface area (Å²) < 4.78 is 0. The summed E-state index contributed by atoms with van der Waals surface area (Å²) in [6.45, 7) is 20.3. The first-order chi connectivity index (χ1) is 7.34. The molecule has 0 saturated heterocycles. The highest BCUT2D eigenvalue weighted by atomic mass is 14.1. The van der Waals surface area contributed by atoms with E-state index in [2.05, 4.69) is 38.8 Å². The van der Waals surface area contributed by atoms with Crippen LogP contribution < -0.4 is 0 Å². The van der Waals surface area contributed by atoms with Crippen molar-refractivity contribution in [3.05, 3.63) is 54.1 Å². The van der Waals surface area contributed by atoms with E-state index in [1.54, 1.807) is 0 Å². The zero-order chi connectivity index (χ0) is 12.5. The maximum absolute atomic E-state index is 4.03. The van der Waals surface area contributed by atoms with Crippen LogP contribution in [-0.4, -0.2) is 0 Å². The Morgan fingerprint density at radius 3 is 1.44 bits per heavy atom. The lowest BCUT2D eigenvalue weighted by molar-refractivity contribution is 1.35. The molecule has 0 heteroatoms. The number of rotatable bonds is 3. The smallest absolute Gasteiger partial charge is 0.0192 e. The molecule has 84 valence electrons. The Balaban J connectivity index is 3.57. The van der Waals surface area contributed by atoms with Gasteiger partial charge in [-0.3, -0.25) is 0 Å². The van der Waals surface area contributed by atoms with Crippen molar-refractivity contribution in [2.24, 2.45) is 0 Å². The third-order valence-corrected chi connectivity index (χ3v) is 2.82. The van der Waals surface area contributed by atoms with Gasteiger partial charge in [0, 0.05) is 0 Å². The van der Waals surface area contributed by atoms with Gasteiger partial charge < -0.3 is 0 Å². The summed E-state index contributed by atoms with van der Waals surface area (Å²) in [5.41, 5.74) is 8.08. The molecule has 0 atom stereocenters. The van der Waals surface area contributed by atoms with E-state index in [9.17, 15) is 0 Å². The normalized spacial score (nSPS) is 10.0. The van der Waals surface area contributed by atoms with Gasteiger partial charge in [-0.25, -0.2) is 0 Å². The summed E-state index contributed by atoms with van der Waals surface area (Å²) in [5, 5.41) is 0. The van der Waals surface area contributed by atoms with Crippen molar-refractivity contribution in [3.8, 4) is 0 Å². The molecule has 0 heterocycles. The van der Waals surface area contributed by atoms with Crippen LogP contribution in [0.1, 0.15) is 43.0 Å². The van der Waals surface area contributed by atoms with Crippen LogP contribution in [0.3, 0.4) is 0 Å². The molecule has 1 aromatic rings. The quantitative estimate of drug-likeness (QED) is 0.654. The highest BCUT2D eigenvalue weighted by Gasteiger charge is 2.08. The van der Waals surface area contributed by atoms with Gasteiger partial charge in [-0.05, 0) is 62.1 Å². The molecular formula is C16H20. The van der Waals surface area contributed by atoms with Crippen molar-refractivity contribution in [2.75, 3.05) is 0 Å². The summed E-state index contributed by atoms with van der Waals surface area (Å²) in [6.07, 6.45) is 0. The molecule has 0 N–H and O–H groups in total. The fraction of sp³-hybridized carbons (Fsp3) is 0.250. The molecule has 0 nitrogen and oxygen atoms in total. The fourth-order valence-corrected chi connectivity index (χ4v) is 1.85. The predicted molar refractivity (Wildman–Crippen MR) is 75.3 cm³/mol. The second-order valence-corrected chi connectivity index (χ2v) is 4.54. The maximum Gasteiger partial charge on any atom is -0.0192 e. The van der Waals surface area contributed by atoms with Crippen LogP contribution in [0.4, 0.5) is 0 Å². The molecule has 0 amide bonds. The molecule has 0 bridgehead atoms. The van der Waals surface area contributed by atoms with E-state index in [1.807, 2.05) is 20.8 Å². The minimum absolute atomic E-state index is 1.07. The summed E-state index contributed by atoms with van der Waals surface area (Å²) >= 11 is 0. The Morgan fingerprint density at radius 2 is 1.19 bits per heavy atom. The van der Waals surface area contributed by atoms with Gasteiger partial charge in [0.25, 0.3) is 0 Å². The number of hydrogen-bond acceptors (Lipinski definition) is 0. The molecule has 0 radical (unpaired) electrons. The molecule has 0 aromatic heterocycles. The molecule has 0 spiro atoms. The second kappa shape index (κ2) is 4.52. The molecule has 1 aromatic carbocycles. The van der Waals surface area contributed by atoms with Crippen LogP contribution in [-0.2, 0) is 0 Å². The minimum Gasteiger partial charge on any atom is -0.0955 e. The van der Waals surface area contributed by atoms with E-state index < -0.39 is 0 Å². The standard InChI is InChI=1S/C16H20/c1-10(2)14-8-15(11(3)4)13(7)16(9-14)12(5)6/h8-9H,1,3,5H2,2,4,6-7H3. The van der Waals surface area contributed by atoms with Gasteiger partial charge in [0.05, 0.1) is 0 Å². The Kier molecular flexibility index (Phi) is 3.54. The van der Waals surface area contributed by atoms with Gasteiger partial charge in [-0.15, -0.1) is 0 Å². The van der Waals surface area contributed by atoms with Gasteiger partial charge in [-0.2, -0.15) is 0 Å². The Morgan fingerprint density at radius 1 is 0.812 bits per heavy atom. The van der Waals surface area contributed by atoms with Gasteiger partial charge in [0.1, 0.15) is 0 Å². The summed E-state index contributed by atoms with van der Waals surface area (Å²) in [4.78, 5) is 0. The first kappa shape index (κ1) is 12.5. The summed E-state index contributed by atoms with van der Waals surface area (Å²) in [5.74, 6) is 0. The lowest BCUT2D eigenvalue weighted by atomic mass is 9.90. The fourth-order valence-electron chi connectivity index (χ4n) is 1.85. The Hall–Kier alpha value is -1.56. The van der Waals surface area contributed by atoms with Crippen molar-refractivity contribution in [1.29, 1.82) is 0 Å². The van der Waals surface area contributed by atoms with E-state index in [-0.39, 0.29) is 0 Å². The third kappa shape index (κ3) is 2.33. The van der Waals surface area contributed by atoms with E-state index in [0.29, 0.717) is 0 Å². The molecule has 0 unspecified atom stereocenters. The number of hydrogen-bond donors (Lipinski definition) is 0. The van der Waals surface area contributed by atoms with Crippen LogP contribution in [0.15, 0.2) is 31.9 Å². The average molecular weight is 212 g/mol. The third-order valence-electron chi connectivity index (χ3n) is 2.82. The molecule has 16 heavy (non-hydrogen) atoms. The topological polar surface area (TPSA) is 0 Å². The van der Waals surface area contributed by atoms with Crippen molar-refractivity contribution in [2.45, 2.75) is 27.7 Å². The molecule has 0 fully saturated rings. The monoisotopic (exact) mass is 212 g/mol. The first-order valence-electron chi connectivity index (χ1n) is 5.47. The van der Waals surface area contributed by atoms with E-state index in [4.69, 9.17) is 0 Å². The van der Waals surface area contributed by atoms with E-state index in [0.717, 1.165) is 16.7 Å². The second-order valence-electron chi connectivity index (χ2n) is 4.54. The van der Waals surface area contributed by atoms with Crippen LogP contribution in [0.2, 0.25) is 0 Å². The Labute approximate surface area is 99.0 Å². The maximum atomic E-state index is 4.03. The van der Waals surface area contributed by atoms with Gasteiger partial charge in [0.15, 0.2) is 0 Å². The van der Waals surface area contributed by atoms with Gasteiger partial charge >= 0.3 is 0 Å². The van der Waals surface area contributed by atoms with Crippen LogP contribution >= 0.6 is 0 Å². The van der Waals surface area contributed by atoms with Gasteiger partial charge in [-0.1, -0.05) is 36.5 Å². The minimum atomic E-state index is 1.07. The molecule has 1 rings (SSSR count). The zero-order valence-corrected chi connectivity index (χ0v) is 10.8. The predicted octanol–water partition coefficient (Wildman–Crippen LogP) is 5.09.